The number of para-hydroxylation sites is 1. The summed E-state index contributed by atoms with van der Waals surface area (Å²) in [5.41, 5.74) is 0.535. The molecule has 9 heteroatoms. The second-order valence-electron chi connectivity index (χ2n) is 5.42. The van der Waals surface area contributed by atoms with E-state index in [4.69, 9.17) is 0 Å². The number of hydrogen-bond acceptors (Lipinski definition) is 7. The normalized spacial score (nSPS) is 11.1. The molecule has 0 radical (unpaired) electrons. The number of nitrogens with one attached hydrogen (secondary N) is 1. The Morgan fingerprint density at radius 2 is 1.96 bits per heavy atom. The standard InChI is InChI=1S/C15H18N4O4S/c1-18(2)15-11(6-5-9-16-15)10-17-12-7-4-8-13(24(3,22)23)14(12)19(20)21/h4-9,17H,10H2,1-3H3. The Morgan fingerprint density at radius 3 is 2.54 bits per heavy atom. The topological polar surface area (TPSA) is 105 Å². The van der Waals surface area contributed by atoms with Crippen molar-refractivity contribution in [3.05, 3.63) is 52.2 Å². The highest BCUT2D eigenvalue weighted by Gasteiger charge is 2.26. The summed E-state index contributed by atoms with van der Waals surface area (Å²) in [6.07, 6.45) is 2.61. The van der Waals surface area contributed by atoms with Gasteiger partial charge >= 0.3 is 5.69 Å². The zero-order valence-electron chi connectivity index (χ0n) is 13.6. The monoisotopic (exact) mass is 350 g/mol. The molecule has 24 heavy (non-hydrogen) atoms. The number of benzene rings is 1. The highest BCUT2D eigenvalue weighted by Crippen LogP contribution is 2.32. The highest BCUT2D eigenvalue weighted by molar-refractivity contribution is 7.90. The molecule has 0 aliphatic heterocycles. The van der Waals surface area contributed by atoms with Gasteiger partial charge in [0, 0.05) is 38.7 Å². The smallest absolute Gasteiger partial charge is 0.310 e. The minimum absolute atomic E-state index is 0.150. The first kappa shape index (κ1) is 17.7. The lowest BCUT2D eigenvalue weighted by molar-refractivity contribution is -0.386. The van der Waals surface area contributed by atoms with Gasteiger partial charge in [-0.15, -0.1) is 0 Å². The van der Waals surface area contributed by atoms with Gasteiger partial charge < -0.3 is 10.2 Å². The first-order chi connectivity index (χ1) is 11.2. The molecule has 0 saturated heterocycles. The fourth-order valence-electron chi connectivity index (χ4n) is 2.31. The molecular formula is C15H18N4O4S. The number of nitro benzene ring substituents is 1. The summed E-state index contributed by atoms with van der Waals surface area (Å²) >= 11 is 0. The van der Waals surface area contributed by atoms with E-state index >= 15 is 0 Å². The van der Waals surface area contributed by atoms with E-state index < -0.39 is 20.4 Å². The number of pyridine rings is 1. The van der Waals surface area contributed by atoms with E-state index in [0.717, 1.165) is 17.6 Å². The summed E-state index contributed by atoms with van der Waals surface area (Å²) < 4.78 is 23.6. The van der Waals surface area contributed by atoms with Gasteiger partial charge in [-0.2, -0.15) is 0 Å². The minimum atomic E-state index is -3.71. The quantitative estimate of drug-likeness (QED) is 0.628. The number of nitro groups is 1. The Hall–Kier alpha value is -2.68. The van der Waals surface area contributed by atoms with Crippen LogP contribution in [0.3, 0.4) is 0 Å². The molecule has 0 bridgehead atoms. The molecule has 1 heterocycles. The minimum Gasteiger partial charge on any atom is -0.375 e. The molecule has 0 amide bonds. The third-order valence-electron chi connectivity index (χ3n) is 3.34. The van der Waals surface area contributed by atoms with Crippen molar-refractivity contribution in [2.75, 3.05) is 30.6 Å². The van der Waals surface area contributed by atoms with Gasteiger partial charge in [-0.25, -0.2) is 13.4 Å². The number of hydrogen-bond donors (Lipinski definition) is 1. The second kappa shape index (κ2) is 6.83. The van der Waals surface area contributed by atoms with Gasteiger partial charge in [-0.1, -0.05) is 12.1 Å². The molecule has 0 aliphatic rings. The maximum Gasteiger partial charge on any atom is 0.310 e. The molecule has 0 aliphatic carbocycles. The summed E-state index contributed by atoms with van der Waals surface area (Å²) in [5.74, 6) is 0.729. The second-order valence-corrected chi connectivity index (χ2v) is 7.40. The lowest BCUT2D eigenvalue weighted by Gasteiger charge is -2.16. The van der Waals surface area contributed by atoms with Crippen molar-refractivity contribution >= 4 is 27.0 Å². The van der Waals surface area contributed by atoms with Gasteiger partial charge in [0.25, 0.3) is 0 Å². The number of aromatic nitrogens is 1. The van der Waals surface area contributed by atoms with Crippen molar-refractivity contribution in [2.45, 2.75) is 11.4 Å². The van der Waals surface area contributed by atoms with Crippen LogP contribution in [0.4, 0.5) is 17.2 Å². The van der Waals surface area contributed by atoms with E-state index in [1.54, 1.807) is 12.3 Å². The maximum atomic E-state index is 11.8. The SMILES string of the molecule is CN(C)c1ncccc1CNc1cccc(S(C)(=O)=O)c1[N+](=O)[O-]. The van der Waals surface area contributed by atoms with Crippen LogP contribution in [-0.4, -0.2) is 38.7 Å². The third-order valence-corrected chi connectivity index (χ3v) is 4.47. The molecule has 0 atom stereocenters. The first-order valence-electron chi connectivity index (χ1n) is 7.04. The average molecular weight is 350 g/mol. The molecule has 0 saturated carbocycles. The Balaban J connectivity index is 2.40. The molecule has 2 rings (SSSR count). The van der Waals surface area contributed by atoms with Crippen LogP contribution in [0.5, 0.6) is 0 Å². The van der Waals surface area contributed by atoms with Crippen LogP contribution in [0.15, 0.2) is 41.4 Å². The fourth-order valence-corrected chi connectivity index (χ4v) is 3.18. The molecule has 8 nitrogen and oxygen atoms in total. The lowest BCUT2D eigenvalue weighted by Crippen LogP contribution is -2.15. The molecule has 1 aromatic heterocycles. The van der Waals surface area contributed by atoms with Crippen LogP contribution in [0.25, 0.3) is 0 Å². The van der Waals surface area contributed by atoms with Crippen LogP contribution in [0.2, 0.25) is 0 Å². The number of anilines is 2. The summed E-state index contributed by atoms with van der Waals surface area (Å²) in [6.45, 7) is 0.273. The van der Waals surface area contributed by atoms with Crippen molar-refractivity contribution < 1.29 is 13.3 Å². The van der Waals surface area contributed by atoms with Gasteiger partial charge in [0.2, 0.25) is 0 Å². The highest BCUT2D eigenvalue weighted by atomic mass is 32.2. The molecule has 1 aromatic carbocycles. The largest absolute Gasteiger partial charge is 0.375 e. The third kappa shape index (κ3) is 3.80. The maximum absolute atomic E-state index is 11.8. The zero-order chi connectivity index (χ0) is 17.9. The van der Waals surface area contributed by atoms with E-state index in [-0.39, 0.29) is 17.1 Å². The van der Waals surface area contributed by atoms with E-state index in [0.29, 0.717) is 0 Å². The first-order valence-corrected chi connectivity index (χ1v) is 8.93. The molecule has 2 aromatic rings. The Morgan fingerprint density at radius 1 is 1.25 bits per heavy atom. The van der Waals surface area contributed by atoms with Gasteiger partial charge in [-0.05, 0) is 18.2 Å². The predicted molar refractivity (Wildman–Crippen MR) is 92.1 cm³/mol. The van der Waals surface area contributed by atoms with E-state index in [2.05, 4.69) is 10.3 Å². The molecule has 0 fully saturated rings. The molecule has 0 unspecified atom stereocenters. The Bertz CT molecular complexity index is 866. The van der Waals surface area contributed by atoms with Crippen LogP contribution in [0, 0.1) is 10.1 Å². The molecular weight excluding hydrogens is 332 g/mol. The number of rotatable bonds is 6. The van der Waals surface area contributed by atoms with E-state index in [1.807, 2.05) is 25.1 Å². The number of sulfone groups is 1. The van der Waals surface area contributed by atoms with Crippen molar-refractivity contribution in [2.24, 2.45) is 0 Å². The van der Waals surface area contributed by atoms with Gasteiger partial charge in [0.05, 0.1) is 4.92 Å². The summed E-state index contributed by atoms with van der Waals surface area (Å²) in [7, 11) is -0.0162. The van der Waals surface area contributed by atoms with Crippen molar-refractivity contribution in [1.82, 2.24) is 4.98 Å². The van der Waals surface area contributed by atoms with Crippen LogP contribution in [-0.2, 0) is 16.4 Å². The number of nitrogens with zero attached hydrogens (tertiary/aromatic N) is 3. The summed E-state index contributed by atoms with van der Waals surface area (Å²) in [5, 5.41) is 14.3. The Labute approximate surface area is 140 Å². The predicted octanol–water partition coefficient (Wildman–Crippen LogP) is 2.07. The van der Waals surface area contributed by atoms with Crippen LogP contribution < -0.4 is 10.2 Å². The molecule has 1 N–H and O–H groups in total. The van der Waals surface area contributed by atoms with Crippen molar-refractivity contribution in [3.8, 4) is 0 Å². The van der Waals surface area contributed by atoms with Crippen molar-refractivity contribution in [3.63, 3.8) is 0 Å². The van der Waals surface area contributed by atoms with E-state index in [1.165, 1.54) is 18.2 Å². The van der Waals surface area contributed by atoms with Gasteiger partial charge in [0.1, 0.15) is 16.4 Å². The zero-order valence-corrected chi connectivity index (χ0v) is 14.4. The van der Waals surface area contributed by atoms with Crippen LogP contribution in [0.1, 0.15) is 5.56 Å². The molecule has 0 spiro atoms. The van der Waals surface area contributed by atoms with Crippen LogP contribution >= 0.6 is 0 Å². The van der Waals surface area contributed by atoms with Gasteiger partial charge in [0.15, 0.2) is 9.84 Å². The average Bonchev–Trinajstić information content (AvgIpc) is 2.51. The van der Waals surface area contributed by atoms with Crippen molar-refractivity contribution in [1.29, 1.82) is 0 Å². The summed E-state index contributed by atoms with van der Waals surface area (Å²) in [6, 6.07) is 7.81. The van der Waals surface area contributed by atoms with Gasteiger partial charge in [-0.3, -0.25) is 10.1 Å². The fraction of sp³-hybridized carbons (Fsp3) is 0.267. The summed E-state index contributed by atoms with van der Waals surface area (Å²) in [4.78, 5) is 16.5. The Kier molecular flexibility index (Phi) is 5.03. The lowest BCUT2D eigenvalue weighted by atomic mass is 10.2. The molecule has 128 valence electrons. The van der Waals surface area contributed by atoms with E-state index in [9.17, 15) is 18.5 Å².